The van der Waals surface area contributed by atoms with Gasteiger partial charge in [0.25, 0.3) is 11.8 Å². The number of anilines is 2. The third-order valence-corrected chi connectivity index (χ3v) is 5.31. The molecule has 150 valence electrons. The Hall–Kier alpha value is -3.29. The maximum absolute atomic E-state index is 13.3. The van der Waals surface area contributed by atoms with E-state index < -0.39 is 12.1 Å². The van der Waals surface area contributed by atoms with Crippen molar-refractivity contribution in [3.8, 4) is 5.75 Å². The largest absolute Gasteiger partial charge is 0.490 e. The topological polar surface area (TPSA) is 86.1 Å². The molecule has 0 radical (unpaired) electrons. The summed E-state index contributed by atoms with van der Waals surface area (Å²) in [5.74, 6) is -0.0786. The van der Waals surface area contributed by atoms with Gasteiger partial charge in [0, 0.05) is 29.9 Å². The molecule has 0 saturated carbocycles. The van der Waals surface area contributed by atoms with Crippen LogP contribution < -0.4 is 9.64 Å². The van der Waals surface area contributed by atoms with Gasteiger partial charge in [0.15, 0.2) is 0 Å². The van der Waals surface area contributed by atoms with Crippen LogP contribution >= 0.6 is 0 Å². The zero-order chi connectivity index (χ0) is 20.4. The molecule has 1 fully saturated rings. The molecule has 2 heterocycles. The van der Waals surface area contributed by atoms with Gasteiger partial charge in [-0.05, 0) is 55.3 Å². The van der Waals surface area contributed by atoms with Crippen molar-refractivity contribution in [1.82, 2.24) is 4.90 Å². The Morgan fingerprint density at radius 2 is 1.72 bits per heavy atom. The van der Waals surface area contributed by atoms with Crippen LogP contribution in [0.25, 0.3) is 0 Å². The van der Waals surface area contributed by atoms with Gasteiger partial charge in [0.2, 0.25) is 0 Å². The number of hydrogen-bond donors (Lipinski definition) is 1. The summed E-state index contributed by atoms with van der Waals surface area (Å²) >= 11 is 0. The number of halogens is 1. The molecule has 2 aromatic carbocycles. The molecule has 2 aliphatic heterocycles. The zero-order valence-electron chi connectivity index (χ0n) is 15.8. The number of alkyl halides is 1. The van der Waals surface area contributed by atoms with Gasteiger partial charge in [-0.2, -0.15) is 0 Å². The summed E-state index contributed by atoms with van der Waals surface area (Å²) in [4.78, 5) is 28.0. The predicted octanol–water partition coefficient (Wildman–Crippen LogP) is 3.96. The molecule has 0 spiro atoms. The second-order valence-electron chi connectivity index (χ2n) is 7.11. The standard InChI is InChI=1S/C21H21FN4O3/c22-16-7-9-25(10-8-16)21(28)15-3-6-18-19(13-15)29-12-11-26(18)17-4-1-14(2-5-17)20(27)24-23/h1-6,13,16,23H,7-12H2. The summed E-state index contributed by atoms with van der Waals surface area (Å²) in [5.41, 5.74) is 9.42. The second kappa shape index (κ2) is 7.98. The molecular formula is C21H21FN4O3. The van der Waals surface area contributed by atoms with Gasteiger partial charge >= 0.3 is 0 Å². The van der Waals surface area contributed by atoms with Crippen molar-refractivity contribution in [2.75, 3.05) is 31.1 Å². The molecule has 0 unspecified atom stereocenters. The average molecular weight is 396 g/mol. The van der Waals surface area contributed by atoms with Crippen molar-refractivity contribution in [2.24, 2.45) is 5.11 Å². The maximum atomic E-state index is 13.3. The van der Waals surface area contributed by atoms with Crippen LogP contribution in [-0.2, 0) is 0 Å². The Labute approximate surface area is 167 Å². The minimum atomic E-state index is -0.823. The van der Waals surface area contributed by atoms with Crippen LogP contribution in [0.5, 0.6) is 5.75 Å². The zero-order valence-corrected chi connectivity index (χ0v) is 15.8. The van der Waals surface area contributed by atoms with Crippen molar-refractivity contribution in [1.29, 1.82) is 5.53 Å². The van der Waals surface area contributed by atoms with E-state index in [1.165, 1.54) is 0 Å². The van der Waals surface area contributed by atoms with Gasteiger partial charge in [-0.1, -0.05) is 0 Å². The third-order valence-electron chi connectivity index (χ3n) is 5.31. The van der Waals surface area contributed by atoms with Crippen molar-refractivity contribution in [2.45, 2.75) is 19.0 Å². The first-order valence-corrected chi connectivity index (χ1v) is 9.56. The van der Waals surface area contributed by atoms with E-state index in [1.54, 1.807) is 41.3 Å². The quantitative estimate of drug-likeness (QED) is 0.796. The summed E-state index contributed by atoms with van der Waals surface area (Å²) in [5, 5.41) is 2.93. The van der Waals surface area contributed by atoms with Gasteiger partial charge in [0.1, 0.15) is 18.5 Å². The van der Waals surface area contributed by atoms with Gasteiger partial charge < -0.3 is 14.5 Å². The van der Waals surface area contributed by atoms with Gasteiger partial charge in [0.05, 0.1) is 12.2 Å². The molecule has 0 aliphatic carbocycles. The first-order valence-electron chi connectivity index (χ1n) is 9.56. The molecule has 0 bridgehead atoms. The van der Waals surface area contributed by atoms with E-state index in [4.69, 9.17) is 10.3 Å². The number of amides is 2. The summed E-state index contributed by atoms with van der Waals surface area (Å²) in [6.45, 7) is 1.94. The lowest BCUT2D eigenvalue weighted by Gasteiger charge is -2.32. The Balaban J connectivity index is 1.56. The van der Waals surface area contributed by atoms with Crippen molar-refractivity contribution in [3.05, 3.63) is 53.6 Å². The number of hydrogen-bond acceptors (Lipinski definition) is 5. The summed E-state index contributed by atoms with van der Waals surface area (Å²) in [6.07, 6.45) is -0.0594. The number of fused-ring (bicyclic) bond motifs is 1. The monoisotopic (exact) mass is 396 g/mol. The number of carbonyl (C=O) groups excluding carboxylic acids is 2. The van der Waals surface area contributed by atoms with E-state index in [0.717, 1.165) is 11.4 Å². The maximum Gasteiger partial charge on any atom is 0.294 e. The molecule has 0 aromatic heterocycles. The van der Waals surface area contributed by atoms with Crippen molar-refractivity contribution >= 4 is 23.2 Å². The number of nitrogens with zero attached hydrogens (tertiary/aromatic N) is 3. The van der Waals surface area contributed by atoms with Crippen LogP contribution in [0.1, 0.15) is 33.6 Å². The van der Waals surface area contributed by atoms with E-state index in [-0.39, 0.29) is 5.91 Å². The lowest BCUT2D eigenvalue weighted by Crippen LogP contribution is -2.39. The molecule has 1 saturated heterocycles. The van der Waals surface area contributed by atoms with E-state index in [9.17, 15) is 14.0 Å². The van der Waals surface area contributed by atoms with Crippen molar-refractivity contribution < 1.29 is 18.7 Å². The average Bonchev–Trinajstić information content (AvgIpc) is 2.78. The van der Waals surface area contributed by atoms with Gasteiger partial charge in [-0.3, -0.25) is 9.59 Å². The van der Waals surface area contributed by atoms with E-state index in [0.29, 0.717) is 56.0 Å². The number of carbonyl (C=O) groups is 2. The van der Waals surface area contributed by atoms with Crippen LogP contribution in [-0.4, -0.2) is 49.1 Å². The summed E-state index contributed by atoms with van der Waals surface area (Å²) in [7, 11) is 0. The highest BCUT2D eigenvalue weighted by atomic mass is 19.1. The molecule has 8 heteroatoms. The van der Waals surface area contributed by atoms with Crippen LogP contribution in [0.4, 0.5) is 15.8 Å². The highest BCUT2D eigenvalue weighted by Gasteiger charge is 2.26. The van der Waals surface area contributed by atoms with Crippen LogP contribution in [0.2, 0.25) is 0 Å². The minimum absolute atomic E-state index is 0.109. The second-order valence-corrected chi connectivity index (χ2v) is 7.11. The minimum Gasteiger partial charge on any atom is -0.490 e. The molecule has 29 heavy (non-hydrogen) atoms. The third kappa shape index (κ3) is 3.83. The summed E-state index contributed by atoms with van der Waals surface area (Å²) < 4.78 is 19.1. The predicted molar refractivity (Wildman–Crippen MR) is 105 cm³/mol. The molecule has 2 amide bonds. The van der Waals surface area contributed by atoms with Crippen LogP contribution in [0, 0.1) is 5.53 Å². The Morgan fingerprint density at radius 3 is 2.41 bits per heavy atom. The molecule has 4 rings (SSSR count). The molecule has 0 atom stereocenters. The smallest absolute Gasteiger partial charge is 0.294 e. The highest BCUT2D eigenvalue weighted by molar-refractivity contribution is 5.96. The Morgan fingerprint density at radius 1 is 1.03 bits per heavy atom. The van der Waals surface area contributed by atoms with E-state index >= 15 is 0 Å². The SMILES string of the molecule is N=NC(=O)c1ccc(N2CCOc3cc(C(=O)N4CCC(F)CC4)ccc32)cc1. The fraction of sp³-hybridized carbons (Fsp3) is 0.333. The summed E-state index contributed by atoms with van der Waals surface area (Å²) in [6, 6.07) is 12.2. The number of ether oxygens (including phenoxy) is 1. The molecule has 7 nitrogen and oxygen atoms in total. The van der Waals surface area contributed by atoms with E-state index in [1.807, 2.05) is 11.0 Å². The fourth-order valence-corrected chi connectivity index (χ4v) is 3.70. The highest BCUT2D eigenvalue weighted by Crippen LogP contribution is 2.37. The first kappa shape index (κ1) is 19.0. The number of likely N-dealkylation sites (tertiary alicyclic amines) is 1. The lowest BCUT2D eigenvalue weighted by atomic mass is 10.1. The molecular weight excluding hydrogens is 375 g/mol. The van der Waals surface area contributed by atoms with Crippen molar-refractivity contribution in [3.63, 3.8) is 0 Å². The number of piperidine rings is 1. The molecule has 2 aliphatic rings. The van der Waals surface area contributed by atoms with Gasteiger partial charge in [-0.25, -0.2) is 9.92 Å². The number of benzene rings is 2. The van der Waals surface area contributed by atoms with Crippen LogP contribution in [0.15, 0.2) is 47.6 Å². The fourth-order valence-electron chi connectivity index (χ4n) is 3.70. The Kier molecular flexibility index (Phi) is 5.24. The molecule has 1 N–H and O–H groups in total. The lowest BCUT2D eigenvalue weighted by molar-refractivity contribution is 0.0666. The number of rotatable bonds is 3. The van der Waals surface area contributed by atoms with E-state index in [2.05, 4.69) is 5.11 Å². The normalized spacial score (nSPS) is 16.7. The number of nitrogens with one attached hydrogen (secondary N) is 1. The first-order chi connectivity index (χ1) is 14.1. The Bertz CT molecular complexity index is 939. The van der Waals surface area contributed by atoms with Crippen LogP contribution in [0.3, 0.4) is 0 Å². The van der Waals surface area contributed by atoms with Gasteiger partial charge in [-0.15, -0.1) is 5.11 Å². The molecule has 2 aromatic rings.